The topological polar surface area (TPSA) is 66.2 Å². The number of amides is 1. The summed E-state index contributed by atoms with van der Waals surface area (Å²) < 4.78 is 5.26. The first-order valence-electron chi connectivity index (χ1n) is 10.0. The number of methoxy groups -OCH3 is 1. The lowest BCUT2D eigenvalue weighted by Crippen LogP contribution is -2.14. The second-order valence-corrected chi connectivity index (χ2v) is 7.19. The van der Waals surface area contributed by atoms with Crippen LogP contribution < -0.4 is 15.4 Å². The number of ether oxygens (including phenoxy) is 1. The molecule has 0 aliphatic heterocycles. The zero-order valence-corrected chi connectivity index (χ0v) is 16.9. The Labute approximate surface area is 176 Å². The van der Waals surface area contributed by atoms with E-state index in [0.717, 1.165) is 46.6 Å². The van der Waals surface area contributed by atoms with Gasteiger partial charge in [0.15, 0.2) is 0 Å². The molecule has 0 aliphatic carbocycles. The third-order valence-electron chi connectivity index (χ3n) is 5.07. The van der Waals surface area contributed by atoms with Gasteiger partial charge in [-0.2, -0.15) is 0 Å². The monoisotopic (exact) mass is 399 g/mol. The molecule has 5 nitrogen and oxygen atoms in total. The average molecular weight is 399 g/mol. The van der Waals surface area contributed by atoms with Crippen molar-refractivity contribution in [2.24, 2.45) is 0 Å². The first-order valence-corrected chi connectivity index (χ1v) is 10.0. The number of aromatic nitrogens is 1. The van der Waals surface area contributed by atoms with Crippen LogP contribution in [0.15, 0.2) is 79.0 Å². The van der Waals surface area contributed by atoms with Crippen molar-refractivity contribution in [2.75, 3.05) is 24.3 Å². The van der Waals surface area contributed by atoms with Crippen LogP contribution in [0, 0.1) is 0 Å². The second-order valence-electron chi connectivity index (χ2n) is 7.19. The highest BCUT2D eigenvalue weighted by Crippen LogP contribution is 2.19. The molecule has 3 N–H and O–H groups in total. The zero-order chi connectivity index (χ0) is 20.8. The normalized spacial score (nSPS) is 10.7. The molecule has 0 bridgehead atoms. The minimum atomic E-state index is -0.0292. The van der Waals surface area contributed by atoms with Crippen molar-refractivity contribution in [2.45, 2.75) is 12.8 Å². The van der Waals surface area contributed by atoms with E-state index in [4.69, 9.17) is 4.74 Å². The summed E-state index contributed by atoms with van der Waals surface area (Å²) >= 11 is 0. The molecule has 1 heterocycles. The number of carbonyl (C=O) groups is 1. The van der Waals surface area contributed by atoms with Gasteiger partial charge in [0.2, 0.25) is 5.91 Å². The van der Waals surface area contributed by atoms with Crippen LogP contribution in [-0.4, -0.2) is 24.5 Å². The quantitative estimate of drug-likeness (QED) is 0.390. The standard InChI is InChI=1S/C25H25N3O2/c1-30-22-6-4-5-18(15-22)13-14-26-20-9-11-21(12-10-20)28-25(29)16-19-17-27-24-8-3-2-7-23(19)24/h2-12,15,17,26-27H,13-14,16H2,1H3,(H,28,29). The highest BCUT2D eigenvalue weighted by molar-refractivity contribution is 5.95. The Morgan fingerprint density at radius 1 is 0.967 bits per heavy atom. The Kier molecular flexibility index (Phi) is 5.99. The zero-order valence-electron chi connectivity index (χ0n) is 16.9. The number of rotatable bonds is 8. The lowest BCUT2D eigenvalue weighted by Gasteiger charge is -2.09. The first kappa shape index (κ1) is 19.6. The van der Waals surface area contributed by atoms with Gasteiger partial charge in [-0.25, -0.2) is 0 Å². The fourth-order valence-corrected chi connectivity index (χ4v) is 3.51. The van der Waals surface area contributed by atoms with Crippen molar-refractivity contribution < 1.29 is 9.53 Å². The predicted molar refractivity (Wildman–Crippen MR) is 122 cm³/mol. The van der Waals surface area contributed by atoms with E-state index in [-0.39, 0.29) is 5.91 Å². The third-order valence-corrected chi connectivity index (χ3v) is 5.07. The Morgan fingerprint density at radius 2 is 1.77 bits per heavy atom. The van der Waals surface area contributed by atoms with Gasteiger partial charge in [-0.15, -0.1) is 0 Å². The van der Waals surface area contributed by atoms with Crippen LogP contribution in [0.25, 0.3) is 10.9 Å². The molecule has 0 aliphatic rings. The number of carbonyl (C=O) groups excluding carboxylic acids is 1. The van der Waals surface area contributed by atoms with Crippen LogP contribution >= 0.6 is 0 Å². The number of anilines is 2. The number of H-pyrrole nitrogens is 1. The minimum absolute atomic E-state index is 0.0292. The Morgan fingerprint density at radius 3 is 2.60 bits per heavy atom. The molecule has 0 saturated heterocycles. The van der Waals surface area contributed by atoms with E-state index < -0.39 is 0 Å². The molecule has 0 unspecified atom stereocenters. The molecule has 3 aromatic carbocycles. The second kappa shape index (κ2) is 9.18. The van der Waals surface area contributed by atoms with E-state index in [1.807, 2.05) is 72.9 Å². The number of para-hydroxylation sites is 1. The molecule has 1 aromatic heterocycles. The van der Waals surface area contributed by atoms with E-state index in [1.165, 1.54) is 5.56 Å². The fraction of sp³-hybridized carbons (Fsp3) is 0.160. The predicted octanol–water partition coefficient (Wildman–Crippen LogP) is 5.01. The maximum Gasteiger partial charge on any atom is 0.228 e. The number of fused-ring (bicyclic) bond motifs is 1. The summed E-state index contributed by atoms with van der Waals surface area (Å²) in [7, 11) is 1.68. The largest absolute Gasteiger partial charge is 0.497 e. The molecule has 152 valence electrons. The van der Waals surface area contributed by atoms with Crippen molar-refractivity contribution in [3.8, 4) is 5.75 Å². The molecule has 0 saturated carbocycles. The van der Waals surface area contributed by atoms with Gasteiger partial charge in [-0.05, 0) is 60.0 Å². The van der Waals surface area contributed by atoms with Gasteiger partial charge in [-0.1, -0.05) is 30.3 Å². The highest BCUT2D eigenvalue weighted by Gasteiger charge is 2.09. The van der Waals surface area contributed by atoms with E-state index >= 15 is 0 Å². The molecule has 1 amide bonds. The molecule has 0 fully saturated rings. The van der Waals surface area contributed by atoms with Gasteiger partial charge in [0.1, 0.15) is 5.75 Å². The summed E-state index contributed by atoms with van der Waals surface area (Å²) in [5, 5.41) is 7.47. The Bertz CT molecular complexity index is 1130. The number of nitrogens with one attached hydrogen (secondary N) is 3. The van der Waals surface area contributed by atoms with Gasteiger partial charge in [-0.3, -0.25) is 4.79 Å². The van der Waals surface area contributed by atoms with E-state index in [9.17, 15) is 4.79 Å². The smallest absolute Gasteiger partial charge is 0.228 e. The molecule has 5 heteroatoms. The molecule has 0 atom stereocenters. The molecular weight excluding hydrogens is 374 g/mol. The summed E-state index contributed by atoms with van der Waals surface area (Å²) in [4.78, 5) is 15.6. The van der Waals surface area contributed by atoms with Crippen molar-refractivity contribution in [1.82, 2.24) is 4.98 Å². The maximum atomic E-state index is 12.4. The highest BCUT2D eigenvalue weighted by atomic mass is 16.5. The molecule has 4 aromatic rings. The minimum Gasteiger partial charge on any atom is -0.497 e. The van der Waals surface area contributed by atoms with Gasteiger partial charge in [0, 0.05) is 35.0 Å². The number of benzene rings is 3. The Hall–Kier alpha value is -3.73. The average Bonchev–Trinajstić information content (AvgIpc) is 3.18. The van der Waals surface area contributed by atoms with Gasteiger partial charge < -0.3 is 20.4 Å². The van der Waals surface area contributed by atoms with Crippen molar-refractivity contribution in [1.29, 1.82) is 0 Å². The molecule has 4 rings (SSSR count). The van der Waals surface area contributed by atoms with Gasteiger partial charge >= 0.3 is 0 Å². The molecule has 0 radical (unpaired) electrons. The van der Waals surface area contributed by atoms with Crippen molar-refractivity contribution in [3.63, 3.8) is 0 Å². The summed E-state index contributed by atoms with van der Waals surface area (Å²) in [5.74, 6) is 0.846. The summed E-state index contributed by atoms with van der Waals surface area (Å²) in [6.07, 6.45) is 3.14. The van der Waals surface area contributed by atoms with E-state index in [1.54, 1.807) is 7.11 Å². The Balaban J connectivity index is 1.28. The first-order chi connectivity index (χ1) is 14.7. The van der Waals surface area contributed by atoms with Crippen molar-refractivity contribution in [3.05, 3.63) is 90.1 Å². The molecule has 0 spiro atoms. The number of hydrogen-bond acceptors (Lipinski definition) is 3. The fourth-order valence-electron chi connectivity index (χ4n) is 3.51. The summed E-state index contributed by atoms with van der Waals surface area (Å²) in [6.45, 7) is 0.819. The number of aromatic amines is 1. The van der Waals surface area contributed by atoms with Crippen LogP contribution in [0.2, 0.25) is 0 Å². The van der Waals surface area contributed by atoms with Crippen LogP contribution in [0.3, 0.4) is 0 Å². The van der Waals surface area contributed by atoms with Crippen LogP contribution in [-0.2, 0) is 17.6 Å². The van der Waals surface area contributed by atoms with E-state index in [2.05, 4.69) is 21.7 Å². The molecule has 30 heavy (non-hydrogen) atoms. The van der Waals surface area contributed by atoms with Gasteiger partial charge in [0.05, 0.1) is 13.5 Å². The maximum absolute atomic E-state index is 12.4. The lowest BCUT2D eigenvalue weighted by atomic mass is 10.1. The van der Waals surface area contributed by atoms with Crippen molar-refractivity contribution >= 4 is 28.2 Å². The lowest BCUT2D eigenvalue weighted by molar-refractivity contribution is -0.115. The van der Waals surface area contributed by atoms with Crippen LogP contribution in [0.4, 0.5) is 11.4 Å². The summed E-state index contributed by atoms with van der Waals surface area (Å²) in [6, 6.07) is 23.9. The van der Waals surface area contributed by atoms with Crippen LogP contribution in [0.1, 0.15) is 11.1 Å². The number of hydrogen-bond donors (Lipinski definition) is 3. The van der Waals surface area contributed by atoms with Gasteiger partial charge in [0.25, 0.3) is 0 Å². The molecular formula is C25H25N3O2. The third kappa shape index (κ3) is 4.81. The summed E-state index contributed by atoms with van der Waals surface area (Å²) in [5.41, 5.74) is 5.08. The van der Waals surface area contributed by atoms with E-state index in [0.29, 0.717) is 6.42 Å². The SMILES string of the molecule is COc1cccc(CCNc2ccc(NC(=O)Cc3c[nH]c4ccccc34)cc2)c1. The van der Waals surface area contributed by atoms with Crippen LogP contribution in [0.5, 0.6) is 5.75 Å².